The molecule has 1 aromatic heterocycles. The van der Waals surface area contributed by atoms with Crippen molar-refractivity contribution in [2.75, 3.05) is 26.2 Å². The number of aromatic nitrogens is 1. The Bertz CT molecular complexity index is 506. The number of amides is 1. The van der Waals surface area contributed by atoms with E-state index in [1.165, 1.54) is 12.3 Å². The maximum atomic E-state index is 13.4. The monoisotopic (exact) mass is 276 g/mol. The maximum absolute atomic E-state index is 13.4. The van der Waals surface area contributed by atoms with Gasteiger partial charge in [-0.3, -0.25) is 14.7 Å². The Morgan fingerprint density at radius 1 is 1.55 bits per heavy atom. The summed E-state index contributed by atoms with van der Waals surface area (Å²) in [6.45, 7) is 2.75. The number of halogens is 1. The van der Waals surface area contributed by atoms with Crippen LogP contribution < -0.4 is 5.32 Å². The molecule has 0 radical (unpaired) electrons. The highest BCUT2D eigenvalue weighted by molar-refractivity contribution is 5.94. The zero-order valence-corrected chi connectivity index (χ0v) is 11.2. The van der Waals surface area contributed by atoms with Crippen LogP contribution in [0.2, 0.25) is 0 Å². The topological polar surface area (TPSA) is 69.0 Å². The second-order valence-corrected chi connectivity index (χ2v) is 4.94. The Kier molecular flexibility index (Phi) is 5.02. The van der Waals surface area contributed by atoms with Crippen LogP contribution in [0.25, 0.3) is 0 Å². The molecule has 2 rings (SSSR count). The van der Waals surface area contributed by atoms with E-state index in [-0.39, 0.29) is 5.56 Å². The lowest BCUT2D eigenvalue weighted by Crippen LogP contribution is -2.38. The summed E-state index contributed by atoms with van der Waals surface area (Å²) in [6.07, 6.45) is 4.33. The van der Waals surface area contributed by atoms with Gasteiger partial charge in [0.1, 0.15) is 0 Å². The molecule has 0 aromatic carbocycles. The average molecular weight is 276 g/mol. The zero-order valence-electron chi connectivity index (χ0n) is 11.2. The van der Waals surface area contributed by atoms with Crippen molar-refractivity contribution >= 4 is 5.91 Å². The molecule has 0 aliphatic carbocycles. The van der Waals surface area contributed by atoms with E-state index in [4.69, 9.17) is 5.26 Å². The second-order valence-electron chi connectivity index (χ2n) is 4.94. The molecule has 1 aliphatic rings. The largest absolute Gasteiger partial charge is 0.352 e. The summed E-state index contributed by atoms with van der Waals surface area (Å²) in [5.41, 5.74) is 0.0296. The SMILES string of the molecule is N#CCN1CCC(CNC(=O)c2ccncc2F)CC1. The van der Waals surface area contributed by atoms with Crippen LogP contribution in [0.4, 0.5) is 4.39 Å². The van der Waals surface area contributed by atoms with Gasteiger partial charge in [-0.1, -0.05) is 0 Å². The molecular formula is C14H17FN4O. The highest BCUT2D eigenvalue weighted by Gasteiger charge is 2.20. The van der Waals surface area contributed by atoms with E-state index in [2.05, 4.69) is 21.3 Å². The third-order valence-corrected chi connectivity index (χ3v) is 3.57. The van der Waals surface area contributed by atoms with Crippen molar-refractivity contribution in [1.82, 2.24) is 15.2 Å². The number of nitriles is 1. The van der Waals surface area contributed by atoms with E-state index in [0.29, 0.717) is 19.0 Å². The van der Waals surface area contributed by atoms with Gasteiger partial charge in [-0.15, -0.1) is 0 Å². The number of likely N-dealkylation sites (tertiary alicyclic amines) is 1. The molecule has 0 atom stereocenters. The number of carbonyl (C=O) groups is 1. The second kappa shape index (κ2) is 6.96. The molecule has 1 saturated heterocycles. The number of rotatable bonds is 4. The summed E-state index contributed by atoms with van der Waals surface area (Å²) in [5, 5.41) is 11.4. The molecule has 0 saturated carbocycles. The zero-order chi connectivity index (χ0) is 14.4. The molecule has 106 valence electrons. The van der Waals surface area contributed by atoms with Crippen molar-refractivity contribution in [3.05, 3.63) is 29.8 Å². The van der Waals surface area contributed by atoms with Crippen LogP contribution in [-0.2, 0) is 0 Å². The summed E-state index contributed by atoms with van der Waals surface area (Å²) in [7, 11) is 0. The van der Waals surface area contributed by atoms with E-state index >= 15 is 0 Å². The van der Waals surface area contributed by atoms with Crippen LogP contribution in [0.5, 0.6) is 0 Å². The van der Waals surface area contributed by atoms with Crippen LogP contribution in [0.15, 0.2) is 18.5 Å². The molecule has 5 nitrogen and oxygen atoms in total. The molecule has 1 N–H and O–H groups in total. The molecule has 0 bridgehead atoms. The lowest BCUT2D eigenvalue weighted by molar-refractivity contribution is 0.0933. The Morgan fingerprint density at radius 2 is 2.30 bits per heavy atom. The first-order chi connectivity index (χ1) is 9.70. The highest BCUT2D eigenvalue weighted by atomic mass is 19.1. The van der Waals surface area contributed by atoms with Gasteiger partial charge in [0, 0.05) is 12.7 Å². The van der Waals surface area contributed by atoms with Gasteiger partial charge in [-0.05, 0) is 37.9 Å². The summed E-state index contributed by atoms with van der Waals surface area (Å²) >= 11 is 0. The first kappa shape index (κ1) is 14.4. The Morgan fingerprint density at radius 3 is 2.95 bits per heavy atom. The molecule has 2 heterocycles. The van der Waals surface area contributed by atoms with E-state index in [1.54, 1.807) is 0 Å². The number of nitrogens with zero attached hydrogens (tertiary/aromatic N) is 3. The van der Waals surface area contributed by atoms with Gasteiger partial charge in [-0.2, -0.15) is 5.26 Å². The number of carbonyl (C=O) groups excluding carboxylic acids is 1. The molecule has 0 spiro atoms. The summed E-state index contributed by atoms with van der Waals surface area (Å²) in [5.74, 6) is -0.614. The van der Waals surface area contributed by atoms with E-state index < -0.39 is 11.7 Å². The van der Waals surface area contributed by atoms with Gasteiger partial charge >= 0.3 is 0 Å². The fourth-order valence-corrected chi connectivity index (χ4v) is 2.34. The lowest BCUT2D eigenvalue weighted by atomic mass is 9.97. The third kappa shape index (κ3) is 3.75. The van der Waals surface area contributed by atoms with Gasteiger partial charge in [0.15, 0.2) is 5.82 Å². The van der Waals surface area contributed by atoms with Crippen molar-refractivity contribution in [3.8, 4) is 6.07 Å². The van der Waals surface area contributed by atoms with Crippen molar-refractivity contribution in [2.24, 2.45) is 5.92 Å². The molecule has 1 fully saturated rings. The van der Waals surface area contributed by atoms with Gasteiger partial charge in [-0.25, -0.2) is 4.39 Å². The highest BCUT2D eigenvalue weighted by Crippen LogP contribution is 2.16. The minimum atomic E-state index is -0.603. The van der Waals surface area contributed by atoms with Crippen LogP contribution >= 0.6 is 0 Å². The molecule has 1 amide bonds. The first-order valence-corrected chi connectivity index (χ1v) is 6.67. The third-order valence-electron chi connectivity index (χ3n) is 3.57. The van der Waals surface area contributed by atoms with Crippen LogP contribution in [0.1, 0.15) is 23.2 Å². The van der Waals surface area contributed by atoms with Gasteiger partial charge in [0.2, 0.25) is 0 Å². The molecule has 1 aliphatic heterocycles. The van der Waals surface area contributed by atoms with Crippen molar-refractivity contribution < 1.29 is 9.18 Å². The first-order valence-electron chi connectivity index (χ1n) is 6.67. The van der Waals surface area contributed by atoms with Crippen LogP contribution in [0, 0.1) is 23.1 Å². The van der Waals surface area contributed by atoms with Crippen molar-refractivity contribution in [2.45, 2.75) is 12.8 Å². The Hall–Kier alpha value is -2.00. The molecule has 0 unspecified atom stereocenters. The Balaban J connectivity index is 1.78. The molecule has 6 heteroatoms. The average Bonchev–Trinajstić information content (AvgIpc) is 2.47. The van der Waals surface area contributed by atoms with E-state index in [1.807, 2.05) is 0 Å². The maximum Gasteiger partial charge on any atom is 0.254 e. The minimum Gasteiger partial charge on any atom is -0.352 e. The van der Waals surface area contributed by atoms with Gasteiger partial charge < -0.3 is 5.32 Å². The minimum absolute atomic E-state index is 0.0296. The number of nitrogens with one attached hydrogen (secondary N) is 1. The van der Waals surface area contributed by atoms with Crippen molar-refractivity contribution in [3.63, 3.8) is 0 Å². The van der Waals surface area contributed by atoms with Crippen molar-refractivity contribution in [1.29, 1.82) is 5.26 Å². The summed E-state index contributed by atoms with van der Waals surface area (Å²) in [4.78, 5) is 17.6. The Labute approximate surface area is 117 Å². The van der Waals surface area contributed by atoms with Crippen LogP contribution in [0.3, 0.4) is 0 Å². The number of piperidine rings is 1. The fourth-order valence-electron chi connectivity index (χ4n) is 2.34. The number of pyridine rings is 1. The fraction of sp³-hybridized carbons (Fsp3) is 0.500. The number of hydrogen-bond acceptors (Lipinski definition) is 4. The standard InChI is InChI=1S/C14H17FN4O/c15-13-10-17-5-1-12(13)14(20)18-9-11-2-6-19(7-3-11)8-4-16/h1,5,10-11H,2-3,6-9H2,(H,18,20). The van der Waals surface area contributed by atoms with E-state index in [9.17, 15) is 9.18 Å². The molecular weight excluding hydrogens is 259 g/mol. The lowest BCUT2D eigenvalue weighted by Gasteiger charge is -2.30. The quantitative estimate of drug-likeness (QED) is 0.839. The number of hydrogen-bond donors (Lipinski definition) is 1. The molecule has 1 aromatic rings. The molecule has 20 heavy (non-hydrogen) atoms. The predicted octanol–water partition coefficient (Wildman–Crippen LogP) is 1.19. The van der Waals surface area contributed by atoms with Gasteiger partial charge in [0.25, 0.3) is 5.91 Å². The summed E-state index contributed by atoms with van der Waals surface area (Å²) < 4.78 is 13.4. The van der Waals surface area contributed by atoms with E-state index in [0.717, 1.165) is 32.1 Å². The predicted molar refractivity (Wildman–Crippen MR) is 71.3 cm³/mol. The van der Waals surface area contributed by atoms with Crippen LogP contribution in [-0.4, -0.2) is 42.0 Å². The smallest absolute Gasteiger partial charge is 0.254 e. The normalized spacial score (nSPS) is 16.6. The van der Waals surface area contributed by atoms with Gasteiger partial charge in [0.05, 0.1) is 24.4 Å². The summed E-state index contributed by atoms with van der Waals surface area (Å²) in [6, 6.07) is 3.51.